The Morgan fingerprint density at radius 1 is 0.655 bits per heavy atom. The number of carbonyl (C=O) groups is 10. The number of phenolic OH excluding ortho intramolecular Hbond substituents is 1. The molecule has 440 valence electrons. The summed E-state index contributed by atoms with van der Waals surface area (Å²) in [5.74, 6) is -6.51. The van der Waals surface area contributed by atoms with E-state index in [9.17, 15) is 68.1 Å². The van der Waals surface area contributed by atoms with E-state index in [0.29, 0.717) is 38.1 Å². The summed E-state index contributed by atoms with van der Waals surface area (Å²) in [6, 6.07) is 27.8. The Kier molecular flexibility index (Phi) is 23.9. The number of aliphatic carboxylic acids is 2. The standard InChI is InChI=1S/C61H62N4O18S/c66-34-81-43(17-22-54(72)62-25-7-12-40(68)16-21-49(60(78)79)64-61(80)65-55(82-35-67)23-24-56(73)74)33-51(71)50(29-37-10-5-2-6-11-37)63-58(75)39(26-36-8-3-1-4-9-36)30-44(84)27-38-13-18-45(48(28-38)59(76)77)57-46-19-14-41(69)31-52(46)83-53-32-42(70)15-20-47(53)57/h1-6,8-11,13-15,18-20,28,31-32,34-35,39,43,49-50,55,69H,7,12,16-17,21-27,29-30,33H2,(H,62,72)(H,63,75)(H,73,74)(H,76,77)(H,78,79)(H2,64,65,80)/t39?,43-,49-,50?,55+/m0/s1. The number of benzene rings is 5. The minimum atomic E-state index is -1.52. The molecule has 0 saturated carbocycles. The zero-order valence-corrected chi connectivity index (χ0v) is 46.1. The average Bonchev–Trinajstić information content (AvgIpc) is 2.95. The monoisotopic (exact) mass is 1170 g/mol. The van der Waals surface area contributed by atoms with Crippen molar-refractivity contribution >= 4 is 88.3 Å². The van der Waals surface area contributed by atoms with Gasteiger partial charge in [0, 0.05) is 79.6 Å². The van der Waals surface area contributed by atoms with Gasteiger partial charge < -0.3 is 55.6 Å². The fourth-order valence-corrected chi connectivity index (χ4v) is 9.82. The maximum absolute atomic E-state index is 14.6. The molecule has 6 rings (SSSR count). The predicted molar refractivity (Wildman–Crippen MR) is 307 cm³/mol. The SMILES string of the molecule is O=CO[C@@H](CCC(=O)NCCCC(=O)CC[C@H](NC(=O)N[C@@H](CCC(=O)O)OC=O)C(=O)O)CC(=O)C(Cc1ccccc1)NC(=O)C(CC(=S)Cc1ccc(-c2c3ccc(=O)cc-3oc3cc(O)ccc23)c(C(=O)O)c1)Cc1ccccc1. The van der Waals surface area contributed by atoms with Crippen LogP contribution < -0.4 is 26.7 Å². The zero-order valence-electron chi connectivity index (χ0n) is 45.3. The Hall–Kier alpha value is -9.64. The van der Waals surface area contributed by atoms with Gasteiger partial charge in [-0.3, -0.25) is 38.4 Å². The number of aromatic carboxylic acids is 1. The molecule has 0 aromatic heterocycles. The Bertz CT molecular complexity index is 3390. The van der Waals surface area contributed by atoms with Crippen LogP contribution in [-0.4, -0.2) is 117 Å². The number of rotatable bonds is 35. The Labute approximate surface area is 486 Å². The number of amides is 4. The van der Waals surface area contributed by atoms with Crippen molar-refractivity contribution in [2.24, 2.45) is 5.92 Å². The molecular formula is C61H62N4O18S. The van der Waals surface area contributed by atoms with Crippen molar-refractivity contribution < 1.29 is 82.3 Å². The lowest BCUT2D eigenvalue weighted by Gasteiger charge is -2.24. The lowest BCUT2D eigenvalue weighted by Crippen LogP contribution is -2.49. The van der Waals surface area contributed by atoms with Crippen molar-refractivity contribution in [3.8, 4) is 28.2 Å². The average molecular weight is 1170 g/mol. The number of phenols is 1. The second-order valence-electron chi connectivity index (χ2n) is 19.8. The zero-order chi connectivity index (χ0) is 60.7. The van der Waals surface area contributed by atoms with Crippen LogP contribution in [-0.2, 0) is 67.1 Å². The van der Waals surface area contributed by atoms with Crippen LogP contribution in [0.1, 0.15) is 91.3 Å². The van der Waals surface area contributed by atoms with Crippen LogP contribution >= 0.6 is 12.2 Å². The van der Waals surface area contributed by atoms with E-state index in [-0.39, 0.29) is 130 Å². The van der Waals surface area contributed by atoms with Crippen LogP contribution in [0.3, 0.4) is 0 Å². The second kappa shape index (κ2) is 31.5. The van der Waals surface area contributed by atoms with Crippen molar-refractivity contribution in [3.63, 3.8) is 0 Å². The predicted octanol–water partition coefficient (Wildman–Crippen LogP) is 6.50. The number of ketones is 2. The molecule has 4 amide bonds. The van der Waals surface area contributed by atoms with Gasteiger partial charge in [-0.05, 0) is 96.0 Å². The van der Waals surface area contributed by atoms with E-state index in [2.05, 4.69) is 26.0 Å². The van der Waals surface area contributed by atoms with Crippen LogP contribution in [0.25, 0.3) is 33.4 Å². The van der Waals surface area contributed by atoms with E-state index in [4.69, 9.17) is 26.5 Å². The number of aromatic hydroxyl groups is 1. The maximum Gasteiger partial charge on any atom is 0.336 e. The highest BCUT2D eigenvalue weighted by Crippen LogP contribution is 2.42. The summed E-state index contributed by atoms with van der Waals surface area (Å²) in [5, 5.41) is 49.7. The third-order valence-electron chi connectivity index (χ3n) is 13.6. The van der Waals surface area contributed by atoms with E-state index in [1.54, 1.807) is 54.6 Å². The number of carbonyl (C=O) groups excluding carboxylic acids is 7. The molecule has 0 spiro atoms. The number of fused-ring (bicyclic) bond motifs is 2. The van der Waals surface area contributed by atoms with Gasteiger partial charge in [0.2, 0.25) is 11.8 Å². The largest absolute Gasteiger partial charge is 0.508 e. The molecule has 2 aliphatic rings. The van der Waals surface area contributed by atoms with Gasteiger partial charge in [-0.2, -0.15) is 0 Å². The fourth-order valence-electron chi connectivity index (χ4n) is 9.45. The number of nitrogens with one attached hydrogen (secondary N) is 4. The van der Waals surface area contributed by atoms with E-state index in [1.807, 2.05) is 30.3 Å². The van der Waals surface area contributed by atoms with E-state index in [1.165, 1.54) is 30.3 Å². The molecule has 4 aromatic rings. The molecule has 5 atom stereocenters. The molecule has 84 heavy (non-hydrogen) atoms. The molecule has 0 saturated heterocycles. The van der Waals surface area contributed by atoms with Crippen molar-refractivity contribution in [1.29, 1.82) is 0 Å². The molecule has 0 bridgehead atoms. The second-order valence-corrected chi connectivity index (χ2v) is 20.4. The first-order chi connectivity index (χ1) is 40.3. The number of thiocarbonyl (C=S) groups is 1. The van der Waals surface area contributed by atoms with Crippen molar-refractivity contribution in [1.82, 2.24) is 21.3 Å². The summed E-state index contributed by atoms with van der Waals surface area (Å²) in [6.07, 6.45) is -3.88. The molecule has 4 aromatic carbocycles. The molecule has 22 nitrogen and oxygen atoms in total. The molecule has 1 aliphatic heterocycles. The van der Waals surface area contributed by atoms with E-state index < -0.39 is 78.3 Å². The first-order valence-corrected chi connectivity index (χ1v) is 27.2. The van der Waals surface area contributed by atoms with Crippen LogP contribution in [0.4, 0.5) is 4.79 Å². The lowest BCUT2D eigenvalue weighted by atomic mass is 9.88. The number of urea groups is 1. The number of Topliss-reactive ketones (excluding diaryl/α,β-unsaturated/α-hetero) is 2. The van der Waals surface area contributed by atoms with Crippen LogP contribution in [0.15, 0.2) is 124 Å². The number of carboxylic acids is 3. The van der Waals surface area contributed by atoms with Crippen molar-refractivity contribution in [2.75, 3.05) is 6.54 Å². The van der Waals surface area contributed by atoms with Crippen molar-refractivity contribution in [3.05, 3.63) is 148 Å². The highest BCUT2D eigenvalue weighted by molar-refractivity contribution is 7.80. The highest BCUT2D eigenvalue weighted by atomic mass is 32.1. The Morgan fingerprint density at radius 3 is 2.01 bits per heavy atom. The summed E-state index contributed by atoms with van der Waals surface area (Å²) in [7, 11) is 0. The molecule has 1 aliphatic carbocycles. The first-order valence-electron chi connectivity index (χ1n) is 26.8. The van der Waals surface area contributed by atoms with Gasteiger partial charge in [0.25, 0.3) is 12.9 Å². The van der Waals surface area contributed by atoms with Gasteiger partial charge in [0.15, 0.2) is 17.4 Å². The van der Waals surface area contributed by atoms with Crippen LogP contribution in [0, 0.1) is 5.92 Å². The van der Waals surface area contributed by atoms with Gasteiger partial charge >= 0.3 is 23.9 Å². The van der Waals surface area contributed by atoms with Gasteiger partial charge in [-0.25, -0.2) is 14.4 Å². The van der Waals surface area contributed by atoms with Gasteiger partial charge in [-0.15, -0.1) is 0 Å². The fraction of sp³-hybridized carbons (Fsp3) is 0.311. The van der Waals surface area contributed by atoms with E-state index >= 15 is 0 Å². The minimum absolute atomic E-state index is 0.00683. The Balaban J connectivity index is 1.07. The highest BCUT2D eigenvalue weighted by Gasteiger charge is 2.31. The molecule has 2 unspecified atom stereocenters. The molecule has 8 N–H and O–H groups in total. The lowest BCUT2D eigenvalue weighted by molar-refractivity contribution is -0.141. The minimum Gasteiger partial charge on any atom is -0.508 e. The molecule has 0 fully saturated rings. The molecular weight excluding hydrogens is 1110 g/mol. The van der Waals surface area contributed by atoms with Gasteiger partial charge in [0.05, 0.1) is 18.0 Å². The maximum atomic E-state index is 14.6. The summed E-state index contributed by atoms with van der Waals surface area (Å²) in [5.41, 5.74) is 3.13. The summed E-state index contributed by atoms with van der Waals surface area (Å²) in [4.78, 5) is 138. The normalized spacial score (nSPS) is 12.8. The third-order valence-corrected chi connectivity index (χ3v) is 13.9. The van der Waals surface area contributed by atoms with Gasteiger partial charge in [-0.1, -0.05) is 85.0 Å². The smallest absolute Gasteiger partial charge is 0.336 e. The number of hydrogen-bond acceptors (Lipinski definition) is 16. The molecule has 23 heteroatoms. The quantitative estimate of drug-likeness (QED) is 0.00692. The summed E-state index contributed by atoms with van der Waals surface area (Å²) < 4.78 is 15.9. The topological polar surface area (TPSA) is 348 Å². The van der Waals surface area contributed by atoms with Gasteiger partial charge in [0.1, 0.15) is 35.0 Å². The third kappa shape index (κ3) is 19.5. The van der Waals surface area contributed by atoms with E-state index in [0.717, 1.165) is 5.56 Å². The molecule has 0 radical (unpaired) electrons. The first kappa shape index (κ1) is 63.5. The van der Waals surface area contributed by atoms with Crippen molar-refractivity contribution in [2.45, 2.75) is 108 Å². The number of hydrogen-bond donors (Lipinski definition) is 8. The molecule has 1 heterocycles. The summed E-state index contributed by atoms with van der Waals surface area (Å²) >= 11 is 5.94. The number of carboxylic acid groups (broad SMARTS) is 3. The van der Waals surface area contributed by atoms with Crippen LogP contribution in [0.5, 0.6) is 5.75 Å². The summed E-state index contributed by atoms with van der Waals surface area (Å²) in [6.45, 7) is 0.189. The van der Waals surface area contributed by atoms with Crippen LogP contribution in [0.2, 0.25) is 0 Å². The number of ether oxygens (including phenoxy) is 2. The Morgan fingerprint density at radius 2 is 1.35 bits per heavy atom.